The fourth-order valence-corrected chi connectivity index (χ4v) is 3.56. The average Bonchev–Trinajstić information content (AvgIpc) is 2.74. The monoisotopic (exact) mass is 248 g/mol. The van der Waals surface area contributed by atoms with Gasteiger partial charge < -0.3 is 0 Å². The van der Waals surface area contributed by atoms with Gasteiger partial charge in [-0.05, 0) is 19.1 Å². The van der Waals surface area contributed by atoms with Crippen LogP contribution in [0.1, 0.15) is 29.8 Å². The highest BCUT2D eigenvalue weighted by atomic mass is 32.1. The molecule has 1 aromatic carbocycles. The van der Waals surface area contributed by atoms with E-state index in [1.54, 1.807) is 22.7 Å². The summed E-state index contributed by atoms with van der Waals surface area (Å²) in [4.78, 5) is 9.18. The van der Waals surface area contributed by atoms with Gasteiger partial charge in [-0.1, -0.05) is 13.8 Å². The van der Waals surface area contributed by atoms with Gasteiger partial charge in [-0.15, -0.1) is 22.7 Å². The second-order valence-corrected chi connectivity index (χ2v) is 6.52. The molecule has 16 heavy (non-hydrogen) atoms. The summed E-state index contributed by atoms with van der Waals surface area (Å²) in [7, 11) is 0. The lowest BCUT2D eigenvalue weighted by molar-refractivity contribution is 0.857. The van der Waals surface area contributed by atoms with Gasteiger partial charge in [0.25, 0.3) is 0 Å². The second kappa shape index (κ2) is 3.50. The van der Waals surface area contributed by atoms with E-state index in [9.17, 15) is 0 Å². The smallest absolute Gasteiger partial charge is 0.0964 e. The van der Waals surface area contributed by atoms with Crippen LogP contribution in [-0.4, -0.2) is 9.97 Å². The molecular weight excluding hydrogens is 236 g/mol. The highest BCUT2D eigenvalue weighted by Crippen LogP contribution is 2.32. The van der Waals surface area contributed by atoms with E-state index in [1.165, 1.54) is 14.4 Å². The molecule has 2 heterocycles. The first-order chi connectivity index (χ1) is 7.63. The van der Waals surface area contributed by atoms with E-state index >= 15 is 0 Å². The van der Waals surface area contributed by atoms with Crippen molar-refractivity contribution >= 4 is 43.1 Å². The Morgan fingerprint density at radius 1 is 1.00 bits per heavy atom. The van der Waals surface area contributed by atoms with Crippen molar-refractivity contribution in [2.24, 2.45) is 0 Å². The molecule has 2 nitrogen and oxygen atoms in total. The molecule has 0 radical (unpaired) electrons. The molecule has 0 amide bonds. The highest BCUT2D eigenvalue weighted by Gasteiger charge is 2.09. The Bertz CT molecular complexity index is 613. The molecule has 2 aromatic heterocycles. The number of aryl methyl sites for hydroxylation is 1. The summed E-state index contributed by atoms with van der Waals surface area (Å²) in [5, 5.41) is 2.33. The highest BCUT2D eigenvalue weighted by molar-refractivity contribution is 7.20. The summed E-state index contributed by atoms with van der Waals surface area (Å²) in [5.41, 5.74) is 2.22. The van der Waals surface area contributed by atoms with Crippen molar-refractivity contribution in [3.05, 3.63) is 22.1 Å². The lowest BCUT2D eigenvalue weighted by Gasteiger charge is -1.94. The molecule has 0 saturated heterocycles. The number of benzene rings is 1. The third-order valence-corrected chi connectivity index (χ3v) is 4.77. The topological polar surface area (TPSA) is 25.8 Å². The van der Waals surface area contributed by atoms with Crippen LogP contribution in [0.2, 0.25) is 0 Å². The SMILES string of the molecule is Cc1nc2cc3sc(C(C)C)nc3cc2s1. The van der Waals surface area contributed by atoms with E-state index in [2.05, 4.69) is 35.9 Å². The molecule has 0 atom stereocenters. The van der Waals surface area contributed by atoms with Gasteiger partial charge in [-0.25, -0.2) is 9.97 Å². The molecule has 82 valence electrons. The molecule has 3 rings (SSSR count). The van der Waals surface area contributed by atoms with Gasteiger partial charge in [0.1, 0.15) is 0 Å². The Morgan fingerprint density at radius 3 is 2.31 bits per heavy atom. The van der Waals surface area contributed by atoms with Crippen LogP contribution in [0.5, 0.6) is 0 Å². The number of nitrogens with zero attached hydrogens (tertiary/aromatic N) is 2. The standard InChI is InChI=1S/C12H12N2S2/c1-6(2)12-14-9-5-10-8(4-11(9)16-12)13-7(3)15-10/h4-6H,1-3H3. The molecule has 0 saturated carbocycles. The van der Waals surface area contributed by atoms with Gasteiger partial charge in [0.15, 0.2) is 0 Å². The van der Waals surface area contributed by atoms with Crippen molar-refractivity contribution in [2.75, 3.05) is 0 Å². The van der Waals surface area contributed by atoms with Crippen LogP contribution in [0, 0.1) is 6.92 Å². The summed E-state index contributed by atoms with van der Waals surface area (Å²) >= 11 is 3.52. The molecule has 3 aromatic rings. The third-order valence-electron chi connectivity index (χ3n) is 2.52. The van der Waals surface area contributed by atoms with Crippen LogP contribution < -0.4 is 0 Å². The van der Waals surface area contributed by atoms with Crippen molar-refractivity contribution in [1.29, 1.82) is 0 Å². The van der Waals surface area contributed by atoms with E-state index in [-0.39, 0.29) is 0 Å². The predicted octanol–water partition coefficient (Wildman–Crippen LogP) is 4.34. The Balaban J connectivity index is 2.31. The summed E-state index contributed by atoms with van der Waals surface area (Å²) in [6.07, 6.45) is 0. The number of rotatable bonds is 1. The van der Waals surface area contributed by atoms with Crippen LogP contribution >= 0.6 is 22.7 Å². The van der Waals surface area contributed by atoms with Crippen LogP contribution in [-0.2, 0) is 0 Å². The van der Waals surface area contributed by atoms with Gasteiger partial charge >= 0.3 is 0 Å². The zero-order chi connectivity index (χ0) is 11.3. The van der Waals surface area contributed by atoms with Gasteiger partial charge in [0.2, 0.25) is 0 Å². The minimum Gasteiger partial charge on any atom is -0.241 e. The van der Waals surface area contributed by atoms with Gasteiger partial charge in [-0.3, -0.25) is 0 Å². The van der Waals surface area contributed by atoms with E-state index in [1.807, 2.05) is 6.92 Å². The third kappa shape index (κ3) is 1.53. The first-order valence-corrected chi connectivity index (χ1v) is 6.94. The zero-order valence-corrected chi connectivity index (χ0v) is 11.1. The lowest BCUT2D eigenvalue weighted by atomic mass is 10.2. The molecule has 0 unspecified atom stereocenters. The maximum Gasteiger partial charge on any atom is 0.0964 e. The van der Waals surface area contributed by atoms with Crippen molar-refractivity contribution in [3.8, 4) is 0 Å². The fraction of sp³-hybridized carbons (Fsp3) is 0.333. The fourth-order valence-electron chi connectivity index (χ4n) is 1.73. The molecule has 0 aliphatic heterocycles. The lowest BCUT2D eigenvalue weighted by Crippen LogP contribution is -1.82. The van der Waals surface area contributed by atoms with Gasteiger partial charge in [-0.2, -0.15) is 0 Å². The number of hydrogen-bond acceptors (Lipinski definition) is 4. The van der Waals surface area contributed by atoms with Crippen molar-refractivity contribution in [1.82, 2.24) is 9.97 Å². The molecule has 0 aliphatic rings. The maximum absolute atomic E-state index is 4.67. The zero-order valence-electron chi connectivity index (χ0n) is 9.44. The maximum atomic E-state index is 4.67. The molecule has 0 fully saturated rings. The van der Waals surface area contributed by atoms with Gasteiger partial charge in [0, 0.05) is 5.92 Å². The molecule has 0 aliphatic carbocycles. The van der Waals surface area contributed by atoms with E-state index in [0.717, 1.165) is 16.0 Å². The Morgan fingerprint density at radius 2 is 1.62 bits per heavy atom. The number of fused-ring (bicyclic) bond motifs is 2. The molecular formula is C12H12N2S2. The van der Waals surface area contributed by atoms with Crippen LogP contribution in [0.3, 0.4) is 0 Å². The second-order valence-electron chi connectivity index (χ2n) is 4.23. The van der Waals surface area contributed by atoms with Crippen LogP contribution in [0.4, 0.5) is 0 Å². The minimum atomic E-state index is 0.505. The molecule has 0 N–H and O–H groups in total. The quantitative estimate of drug-likeness (QED) is 0.640. The molecule has 4 heteroatoms. The van der Waals surface area contributed by atoms with Gasteiger partial charge in [0.05, 0.1) is 30.4 Å². The Hall–Kier alpha value is -1.00. The van der Waals surface area contributed by atoms with Crippen LogP contribution in [0.15, 0.2) is 12.1 Å². The minimum absolute atomic E-state index is 0.505. The normalized spacial score (nSPS) is 12.0. The van der Waals surface area contributed by atoms with Crippen molar-refractivity contribution in [3.63, 3.8) is 0 Å². The van der Waals surface area contributed by atoms with E-state index in [4.69, 9.17) is 0 Å². The average molecular weight is 248 g/mol. The first-order valence-electron chi connectivity index (χ1n) is 5.31. The Labute approximate surface area is 102 Å². The number of thiazole rings is 2. The largest absolute Gasteiger partial charge is 0.241 e. The summed E-state index contributed by atoms with van der Waals surface area (Å²) in [6.45, 7) is 6.41. The van der Waals surface area contributed by atoms with Crippen LogP contribution in [0.25, 0.3) is 20.4 Å². The van der Waals surface area contributed by atoms with E-state index < -0.39 is 0 Å². The molecule has 0 spiro atoms. The Kier molecular flexibility index (Phi) is 2.23. The summed E-state index contributed by atoms with van der Waals surface area (Å²) in [6, 6.07) is 4.33. The number of aromatic nitrogens is 2. The van der Waals surface area contributed by atoms with Crippen molar-refractivity contribution in [2.45, 2.75) is 26.7 Å². The predicted molar refractivity (Wildman–Crippen MR) is 71.6 cm³/mol. The summed E-state index contributed by atoms with van der Waals surface area (Å²) in [5.74, 6) is 0.505. The van der Waals surface area contributed by atoms with E-state index in [0.29, 0.717) is 5.92 Å². The molecule has 0 bridgehead atoms. The first kappa shape index (κ1) is 10.2. The van der Waals surface area contributed by atoms with Crippen molar-refractivity contribution < 1.29 is 0 Å². The number of hydrogen-bond donors (Lipinski definition) is 0. The summed E-state index contributed by atoms with van der Waals surface area (Å²) < 4.78 is 2.49.